The van der Waals surface area contributed by atoms with E-state index in [1.807, 2.05) is 6.92 Å². The summed E-state index contributed by atoms with van der Waals surface area (Å²) >= 11 is 0. The number of unbranched alkanes of at least 4 members (excludes halogenated alkanes) is 6. The molecule has 0 bridgehead atoms. The molecular formula is C13H27F5Si2. The zero-order valence-electron chi connectivity index (χ0n) is 12.4. The van der Waals surface area contributed by atoms with Crippen molar-refractivity contribution in [3.8, 4) is 0 Å². The second kappa shape index (κ2) is 10.8. The van der Waals surface area contributed by atoms with Crippen LogP contribution in [-0.2, 0) is 0 Å². The highest BCUT2D eigenvalue weighted by molar-refractivity contribution is 6.58. The van der Waals surface area contributed by atoms with Crippen molar-refractivity contribution in [1.82, 2.24) is 0 Å². The van der Waals surface area contributed by atoms with E-state index in [2.05, 4.69) is 0 Å². The molecule has 0 aliphatic rings. The summed E-state index contributed by atoms with van der Waals surface area (Å²) in [5.74, 6) is 0. The molecular weight excluding hydrogens is 307 g/mol. The maximum absolute atomic E-state index is 13.5. The molecule has 0 N–H and O–H groups in total. The molecule has 0 saturated carbocycles. The standard InChI is InChI=1S/C13H27F5Si2/c1-2-3-4-7-10-13(14,15)19-11-8-5-6-9-12-20(16,17)18/h2-12,19H2,1H3. The van der Waals surface area contributed by atoms with Crippen LogP contribution in [0.3, 0.4) is 0 Å². The average molecular weight is 335 g/mol. The lowest BCUT2D eigenvalue weighted by atomic mass is 10.2. The van der Waals surface area contributed by atoms with Crippen molar-refractivity contribution in [3.05, 3.63) is 0 Å². The lowest BCUT2D eigenvalue weighted by Crippen LogP contribution is -2.24. The molecule has 7 heteroatoms. The van der Waals surface area contributed by atoms with Gasteiger partial charge in [-0.25, -0.2) is 21.1 Å². The first kappa shape index (κ1) is 20.1. The fourth-order valence-corrected chi connectivity index (χ4v) is 4.45. The molecule has 122 valence electrons. The Morgan fingerprint density at radius 1 is 0.850 bits per heavy atom. The van der Waals surface area contributed by atoms with Gasteiger partial charge in [0.25, 0.3) is 0 Å². The summed E-state index contributed by atoms with van der Waals surface area (Å²) in [6.07, 6.45) is 5.61. The third kappa shape index (κ3) is 14.5. The second-order valence-corrected chi connectivity index (χ2v) is 9.52. The van der Waals surface area contributed by atoms with E-state index in [1.165, 1.54) is 0 Å². The van der Waals surface area contributed by atoms with Crippen molar-refractivity contribution in [3.63, 3.8) is 0 Å². The number of alkyl halides is 2. The Morgan fingerprint density at radius 2 is 1.45 bits per heavy atom. The molecule has 0 amide bonds. The van der Waals surface area contributed by atoms with Crippen LogP contribution in [0.25, 0.3) is 0 Å². The highest BCUT2D eigenvalue weighted by Crippen LogP contribution is 2.23. The van der Waals surface area contributed by atoms with E-state index in [4.69, 9.17) is 0 Å². The van der Waals surface area contributed by atoms with Crippen molar-refractivity contribution in [2.24, 2.45) is 0 Å². The normalized spacial score (nSPS) is 13.5. The van der Waals surface area contributed by atoms with Crippen LogP contribution in [0.5, 0.6) is 0 Å². The van der Waals surface area contributed by atoms with Crippen LogP contribution in [0.2, 0.25) is 12.1 Å². The first-order valence-corrected chi connectivity index (χ1v) is 11.3. The van der Waals surface area contributed by atoms with Gasteiger partial charge in [0.05, 0.1) is 0 Å². The van der Waals surface area contributed by atoms with Crippen LogP contribution in [0.4, 0.5) is 21.1 Å². The molecule has 0 nitrogen and oxygen atoms in total. The highest BCUT2D eigenvalue weighted by atomic mass is 28.5. The van der Waals surface area contributed by atoms with Gasteiger partial charge in [0.15, 0.2) is 0 Å². The Morgan fingerprint density at radius 3 is 2.05 bits per heavy atom. The van der Waals surface area contributed by atoms with Crippen LogP contribution < -0.4 is 0 Å². The maximum atomic E-state index is 13.5. The van der Waals surface area contributed by atoms with Gasteiger partial charge in [0.1, 0.15) is 9.52 Å². The maximum Gasteiger partial charge on any atom is 0.616 e. The fraction of sp³-hybridized carbons (Fsp3) is 1.00. The summed E-state index contributed by atoms with van der Waals surface area (Å²) in [6, 6.07) is -0.0533. The minimum Gasteiger partial charge on any atom is -0.238 e. The average Bonchev–Trinajstić information content (AvgIpc) is 2.32. The van der Waals surface area contributed by atoms with Crippen molar-refractivity contribution >= 4 is 18.6 Å². The van der Waals surface area contributed by atoms with E-state index in [0.717, 1.165) is 19.3 Å². The van der Waals surface area contributed by atoms with Gasteiger partial charge in [0.2, 0.25) is 5.55 Å². The summed E-state index contributed by atoms with van der Waals surface area (Å²) < 4.78 is 63.0. The van der Waals surface area contributed by atoms with E-state index >= 15 is 0 Å². The predicted molar refractivity (Wildman–Crippen MR) is 79.4 cm³/mol. The van der Waals surface area contributed by atoms with Gasteiger partial charge in [-0.1, -0.05) is 51.5 Å². The second-order valence-electron chi connectivity index (χ2n) is 5.55. The summed E-state index contributed by atoms with van der Waals surface area (Å²) in [5.41, 5.74) is -2.45. The Kier molecular flexibility index (Phi) is 10.8. The van der Waals surface area contributed by atoms with Crippen molar-refractivity contribution < 1.29 is 21.1 Å². The zero-order valence-corrected chi connectivity index (χ0v) is 14.8. The number of hydrogen-bond acceptors (Lipinski definition) is 0. The molecule has 0 aromatic carbocycles. The molecule has 20 heavy (non-hydrogen) atoms. The summed E-state index contributed by atoms with van der Waals surface area (Å²) in [6.45, 7) is 2.05. The van der Waals surface area contributed by atoms with E-state index in [1.54, 1.807) is 0 Å². The highest BCUT2D eigenvalue weighted by Gasteiger charge is 2.35. The SMILES string of the molecule is CCCCCCC(F)(F)[SiH2]CCCCCC[Si](F)(F)F. The Bertz CT molecular complexity index is 231. The molecule has 0 aliphatic carbocycles. The van der Waals surface area contributed by atoms with Gasteiger partial charge in [0, 0.05) is 12.5 Å². The third-order valence-corrected chi connectivity index (χ3v) is 6.26. The smallest absolute Gasteiger partial charge is 0.238 e. The third-order valence-electron chi connectivity index (χ3n) is 3.40. The largest absolute Gasteiger partial charge is 0.616 e. The Balaban J connectivity index is 3.43. The molecule has 0 fully saturated rings. The van der Waals surface area contributed by atoms with Crippen molar-refractivity contribution in [2.45, 2.75) is 82.3 Å². The molecule has 0 spiro atoms. The first-order valence-electron chi connectivity index (χ1n) is 7.71. The Hall–Kier alpha value is 0.0838. The topological polar surface area (TPSA) is 0 Å². The molecule has 0 unspecified atom stereocenters. The summed E-state index contributed by atoms with van der Waals surface area (Å²) in [7, 11) is -6.79. The van der Waals surface area contributed by atoms with Crippen LogP contribution in [0, 0.1) is 0 Å². The van der Waals surface area contributed by atoms with Gasteiger partial charge >= 0.3 is 9.08 Å². The van der Waals surface area contributed by atoms with Gasteiger partial charge in [-0.2, -0.15) is 0 Å². The predicted octanol–water partition coefficient (Wildman–Crippen LogP) is 5.54. The van der Waals surface area contributed by atoms with Crippen LogP contribution >= 0.6 is 0 Å². The van der Waals surface area contributed by atoms with E-state index in [-0.39, 0.29) is 12.8 Å². The van der Waals surface area contributed by atoms with Crippen molar-refractivity contribution in [1.29, 1.82) is 0 Å². The lowest BCUT2D eigenvalue weighted by Gasteiger charge is -2.15. The van der Waals surface area contributed by atoms with Gasteiger partial charge in [-0.3, -0.25) is 0 Å². The minimum atomic E-state index is -5.39. The summed E-state index contributed by atoms with van der Waals surface area (Å²) in [5, 5.41) is 0. The minimum absolute atomic E-state index is 0.0128. The van der Waals surface area contributed by atoms with Crippen LogP contribution in [-0.4, -0.2) is 24.1 Å². The van der Waals surface area contributed by atoms with E-state index < -0.39 is 30.2 Å². The molecule has 0 aliphatic heterocycles. The molecule has 0 saturated heterocycles. The fourth-order valence-electron chi connectivity index (χ4n) is 2.17. The van der Waals surface area contributed by atoms with E-state index in [9.17, 15) is 21.1 Å². The molecule has 0 radical (unpaired) electrons. The van der Waals surface area contributed by atoms with Crippen molar-refractivity contribution in [2.75, 3.05) is 0 Å². The van der Waals surface area contributed by atoms with Gasteiger partial charge in [-0.15, -0.1) is 0 Å². The molecule has 0 aromatic rings. The van der Waals surface area contributed by atoms with Crippen LogP contribution in [0.15, 0.2) is 0 Å². The first-order chi connectivity index (χ1) is 9.27. The van der Waals surface area contributed by atoms with Crippen LogP contribution in [0.1, 0.15) is 64.7 Å². The number of halogens is 5. The molecule has 0 heterocycles. The van der Waals surface area contributed by atoms with E-state index in [0.29, 0.717) is 31.7 Å². The molecule has 0 aromatic heterocycles. The number of hydrogen-bond donors (Lipinski definition) is 0. The van der Waals surface area contributed by atoms with Gasteiger partial charge in [-0.05, 0) is 12.8 Å². The lowest BCUT2D eigenvalue weighted by molar-refractivity contribution is 0.0770. The molecule has 0 atom stereocenters. The summed E-state index contributed by atoms with van der Waals surface area (Å²) in [4.78, 5) is 0. The Labute approximate surface area is 122 Å². The molecule has 0 rings (SSSR count). The quantitative estimate of drug-likeness (QED) is 0.179. The number of rotatable bonds is 13. The monoisotopic (exact) mass is 334 g/mol. The zero-order chi connectivity index (χ0) is 15.5. The van der Waals surface area contributed by atoms with Gasteiger partial charge < -0.3 is 0 Å².